The fourth-order valence-corrected chi connectivity index (χ4v) is 5.80. The first-order valence-corrected chi connectivity index (χ1v) is 13.8. The highest BCUT2D eigenvalue weighted by atomic mass is 35.5. The van der Waals surface area contributed by atoms with Crippen molar-refractivity contribution < 1.29 is 33.3 Å². The van der Waals surface area contributed by atoms with Crippen molar-refractivity contribution in [3.05, 3.63) is 102 Å². The Kier molecular flexibility index (Phi) is 7.61. The lowest BCUT2D eigenvalue weighted by Gasteiger charge is -2.26. The lowest BCUT2D eigenvalue weighted by Crippen LogP contribution is -2.36. The molecule has 2 heterocycles. The Bertz CT molecular complexity index is 1380. The molecule has 4 atom stereocenters. The second-order valence-corrected chi connectivity index (χ2v) is 10.6. The third kappa shape index (κ3) is 5.77. The summed E-state index contributed by atoms with van der Waals surface area (Å²) < 4.78 is 29.4. The summed E-state index contributed by atoms with van der Waals surface area (Å²) in [5.41, 5.74) is 2.55. The summed E-state index contributed by atoms with van der Waals surface area (Å²) in [5, 5.41) is 0.567. The number of carbonyl (C=O) groups excluding carboxylic acids is 2. The fraction of sp³-hybridized carbons (Fsp3) is 0.312. The molecule has 3 fully saturated rings. The molecule has 0 radical (unpaired) electrons. The molecule has 0 unspecified atom stereocenters. The monoisotopic (exact) mass is 560 g/mol. The minimum absolute atomic E-state index is 0.102. The zero-order chi connectivity index (χ0) is 27.5. The third-order valence-electron chi connectivity index (χ3n) is 7.62. The van der Waals surface area contributed by atoms with Crippen LogP contribution >= 0.6 is 11.6 Å². The van der Waals surface area contributed by atoms with E-state index in [1.807, 2.05) is 60.7 Å². The van der Waals surface area contributed by atoms with Crippen LogP contribution in [0.15, 0.2) is 91.0 Å². The van der Waals surface area contributed by atoms with Crippen LogP contribution < -0.4 is 4.74 Å². The van der Waals surface area contributed by atoms with E-state index < -0.39 is 17.9 Å². The van der Waals surface area contributed by atoms with Gasteiger partial charge in [0, 0.05) is 23.3 Å². The van der Waals surface area contributed by atoms with Crippen molar-refractivity contribution in [2.75, 3.05) is 19.8 Å². The maximum absolute atomic E-state index is 13.2. The number of ether oxygens (including phenoxy) is 5. The van der Waals surface area contributed by atoms with E-state index in [4.69, 9.17) is 35.3 Å². The van der Waals surface area contributed by atoms with Gasteiger partial charge in [0.2, 0.25) is 5.79 Å². The van der Waals surface area contributed by atoms with Crippen LogP contribution in [0.25, 0.3) is 11.1 Å². The number of hydrogen-bond donors (Lipinski definition) is 0. The Morgan fingerprint density at radius 2 is 1.73 bits per heavy atom. The predicted molar refractivity (Wildman–Crippen MR) is 148 cm³/mol. The molecule has 1 saturated carbocycles. The predicted octanol–water partition coefficient (Wildman–Crippen LogP) is 5.86. The molecule has 0 bridgehead atoms. The molecule has 0 spiro atoms. The van der Waals surface area contributed by atoms with Crippen LogP contribution in [0, 0.1) is 11.8 Å². The van der Waals surface area contributed by atoms with Crippen LogP contribution in [-0.2, 0) is 23.7 Å². The lowest BCUT2D eigenvalue weighted by molar-refractivity contribution is -0.141. The van der Waals surface area contributed by atoms with Gasteiger partial charge in [0.05, 0.1) is 25.2 Å². The zero-order valence-electron chi connectivity index (χ0n) is 21.7. The van der Waals surface area contributed by atoms with Crippen LogP contribution in [0.1, 0.15) is 23.2 Å². The zero-order valence-corrected chi connectivity index (χ0v) is 22.5. The maximum atomic E-state index is 13.2. The second-order valence-electron chi connectivity index (χ2n) is 10.2. The van der Waals surface area contributed by atoms with Crippen LogP contribution in [0.2, 0.25) is 5.02 Å². The molecule has 8 heteroatoms. The van der Waals surface area contributed by atoms with Gasteiger partial charge in [-0.05, 0) is 47.5 Å². The topological polar surface area (TPSA) is 80.3 Å². The van der Waals surface area contributed by atoms with Gasteiger partial charge in [-0.25, -0.2) is 4.79 Å². The Labute approximate surface area is 237 Å². The summed E-state index contributed by atoms with van der Waals surface area (Å²) in [6.45, 7) is 0.941. The molecule has 206 valence electrons. The van der Waals surface area contributed by atoms with E-state index >= 15 is 0 Å². The quantitative estimate of drug-likeness (QED) is 0.252. The first-order chi connectivity index (χ1) is 19.5. The van der Waals surface area contributed by atoms with Gasteiger partial charge in [0.1, 0.15) is 24.6 Å². The van der Waals surface area contributed by atoms with Gasteiger partial charge in [0.25, 0.3) is 0 Å². The van der Waals surface area contributed by atoms with Gasteiger partial charge in [0.15, 0.2) is 0 Å². The highest BCUT2D eigenvalue weighted by molar-refractivity contribution is 6.30. The third-order valence-corrected chi connectivity index (χ3v) is 7.86. The van der Waals surface area contributed by atoms with Crippen LogP contribution in [0.4, 0.5) is 0 Å². The van der Waals surface area contributed by atoms with E-state index in [2.05, 4.69) is 0 Å². The van der Waals surface area contributed by atoms with E-state index in [1.54, 1.807) is 30.3 Å². The first kappa shape index (κ1) is 26.6. The Hall–Kier alpha value is -3.65. The van der Waals surface area contributed by atoms with Crippen molar-refractivity contribution in [3.63, 3.8) is 0 Å². The summed E-state index contributed by atoms with van der Waals surface area (Å²) in [6.07, 6.45) is 3.68. The summed E-state index contributed by atoms with van der Waals surface area (Å²) >= 11 is 6.09. The van der Waals surface area contributed by atoms with Gasteiger partial charge >= 0.3 is 11.9 Å². The van der Waals surface area contributed by atoms with E-state index in [1.165, 1.54) is 0 Å². The van der Waals surface area contributed by atoms with E-state index in [0.717, 1.165) is 11.1 Å². The van der Waals surface area contributed by atoms with E-state index in [9.17, 15) is 9.59 Å². The van der Waals surface area contributed by atoms with Gasteiger partial charge in [-0.15, -0.1) is 0 Å². The Balaban J connectivity index is 1.17. The van der Waals surface area contributed by atoms with Gasteiger partial charge < -0.3 is 23.7 Å². The Morgan fingerprint density at radius 1 is 0.975 bits per heavy atom. The van der Waals surface area contributed by atoms with Crippen molar-refractivity contribution in [2.24, 2.45) is 11.8 Å². The molecular formula is C32H29ClO7. The number of benzene rings is 3. The Morgan fingerprint density at radius 3 is 2.48 bits per heavy atom. The smallest absolute Gasteiger partial charge is 0.338 e. The fourth-order valence-electron chi connectivity index (χ4n) is 5.62. The van der Waals surface area contributed by atoms with Crippen molar-refractivity contribution in [1.29, 1.82) is 0 Å². The van der Waals surface area contributed by atoms with Crippen molar-refractivity contribution >= 4 is 23.5 Å². The number of rotatable bonds is 8. The largest absolute Gasteiger partial charge is 0.488 e. The van der Waals surface area contributed by atoms with E-state index in [0.29, 0.717) is 36.0 Å². The van der Waals surface area contributed by atoms with Crippen LogP contribution in [-0.4, -0.2) is 49.8 Å². The number of halogens is 1. The first-order valence-electron chi connectivity index (χ1n) is 13.4. The molecule has 3 aromatic rings. The molecule has 0 amide bonds. The average Bonchev–Trinajstić information content (AvgIpc) is 3.66. The molecule has 2 aliphatic heterocycles. The number of carbonyl (C=O) groups is 2. The van der Waals surface area contributed by atoms with Crippen LogP contribution in [0.5, 0.6) is 5.75 Å². The number of esters is 2. The highest BCUT2D eigenvalue weighted by Crippen LogP contribution is 2.44. The van der Waals surface area contributed by atoms with Crippen molar-refractivity contribution in [3.8, 4) is 16.9 Å². The van der Waals surface area contributed by atoms with Crippen LogP contribution in [0.3, 0.4) is 0 Å². The second kappa shape index (κ2) is 11.5. The van der Waals surface area contributed by atoms with E-state index in [-0.39, 0.29) is 36.9 Å². The summed E-state index contributed by atoms with van der Waals surface area (Å²) in [4.78, 5) is 25.2. The normalized spacial score (nSPS) is 25.1. The molecule has 1 aliphatic carbocycles. The SMILES string of the molecule is O=C1C[C@@H]2[C@H](/C=C/C3(COc4cccc(Cl)c4)OCCO3)[C@@H](OC(=O)c3ccc(-c4ccccc4)cc3)C[C@@H]2O1. The summed E-state index contributed by atoms with van der Waals surface area (Å²) in [7, 11) is 0. The standard InChI is InChI=1S/C32H29ClO7/c33-24-7-4-8-25(17-24)36-20-32(37-15-16-38-32)14-13-26-27-18-30(34)39-29(27)19-28(26)40-31(35)23-11-9-22(10-12-23)21-5-2-1-3-6-21/h1-14,17,26-29H,15-16,18-20H2/b14-13+/t26-,27+,28-,29-/m0/s1. The molecule has 3 aromatic carbocycles. The van der Waals surface area contributed by atoms with Gasteiger partial charge in [-0.1, -0.05) is 66.2 Å². The molecule has 40 heavy (non-hydrogen) atoms. The summed E-state index contributed by atoms with van der Waals surface area (Å²) in [6, 6.07) is 24.4. The van der Waals surface area contributed by atoms with Gasteiger partial charge in [-0.2, -0.15) is 0 Å². The van der Waals surface area contributed by atoms with Crippen molar-refractivity contribution in [1.82, 2.24) is 0 Å². The molecule has 3 aliphatic rings. The average molecular weight is 561 g/mol. The number of hydrogen-bond acceptors (Lipinski definition) is 7. The van der Waals surface area contributed by atoms with Gasteiger partial charge in [-0.3, -0.25) is 4.79 Å². The molecule has 0 aromatic heterocycles. The molecular weight excluding hydrogens is 532 g/mol. The number of fused-ring (bicyclic) bond motifs is 1. The minimum Gasteiger partial charge on any atom is -0.488 e. The molecule has 7 nitrogen and oxygen atoms in total. The molecule has 6 rings (SSSR count). The highest BCUT2D eigenvalue weighted by Gasteiger charge is 2.51. The summed E-state index contributed by atoms with van der Waals surface area (Å²) in [5.74, 6) is -1.51. The minimum atomic E-state index is -1.11. The lowest BCUT2D eigenvalue weighted by atomic mass is 9.91. The van der Waals surface area contributed by atoms with Crippen molar-refractivity contribution in [2.45, 2.75) is 30.8 Å². The maximum Gasteiger partial charge on any atom is 0.338 e. The molecule has 0 N–H and O–H groups in total. The molecule has 2 saturated heterocycles.